The third-order valence-corrected chi connectivity index (χ3v) is 3.71. The van der Waals surface area contributed by atoms with E-state index in [0.717, 1.165) is 12.8 Å². The molecule has 0 aliphatic heterocycles. The molecule has 8 heteroatoms. The van der Waals surface area contributed by atoms with Crippen LogP contribution in [0.3, 0.4) is 0 Å². The van der Waals surface area contributed by atoms with Gasteiger partial charge >= 0.3 is 0 Å². The number of H-pyrrole nitrogens is 2. The van der Waals surface area contributed by atoms with Gasteiger partial charge in [-0.2, -0.15) is 10.1 Å². The quantitative estimate of drug-likeness (QED) is 0.654. The molecule has 2 aromatic heterocycles. The Balaban J connectivity index is 1.58. The molecule has 0 atom stereocenters. The zero-order valence-corrected chi connectivity index (χ0v) is 11.6. The zero-order chi connectivity index (χ0) is 14.7. The average Bonchev–Trinajstić information content (AvgIpc) is 2.95. The van der Waals surface area contributed by atoms with Gasteiger partial charge in [-0.15, -0.1) is 0 Å². The summed E-state index contributed by atoms with van der Waals surface area (Å²) in [6.07, 6.45) is 7.09. The molecule has 4 N–H and O–H groups in total. The molecule has 21 heavy (non-hydrogen) atoms. The molecule has 1 fully saturated rings. The van der Waals surface area contributed by atoms with Crippen molar-refractivity contribution in [3.8, 4) is 0 Å². The third-order valence-electron chi connectivity index (χ3n) is 3.71. The van der Waals surface area contributed by atoms with Gasteiger partial charge in [0, 0.05) is 6.04 Å². The van der Waals surface area contributed by atoms with Crippen LogP contribution in [0.2, 0.25) is 0 Å². The van der Waals surface area contributed by atoms with Gasteiger partial charge in [0.1, 0.15) is 5.39 Å². The standard InChI is InChI=1S/C13H18N6O2/c20-10(16-8-4-2-1-3-5-8)7-14-13-17-11-9(6-15-19-11)12(21)18-13/h6,8H,1-5,7H2,(H,16,20)(H3,14,15,17,18,19,21). The molecule has 0 aromatic carbocycles. The molecule has 0 saturated heterocycles. The van der Waals surface area contributed by atoms with E-state index in [0.29, 0.717) is 11.0 Å². The topological polar surface area (TPSA) is 116 Å². The Bertz CT molecular complexity index is 685. The summed E-state index contributed by atoms with van der Waals surface area (Å²) in [6.45, 7) is 0.0824. The van der Waals surface area contributed by atoms with Crippen molar-refractivity contribution in [3.63, 3.8) is 0 Å². The summed E-state index contributed by atoms with van der Waals surface area (Å²) in [5.41, 5.74) is 0.109. The first-order valence-corrected chi connectivity index (χ1v) is 7.19. The first kappa shape index (κ1) is 13.6. The van der Waals surface area contributed by atoms with Crippen LogP contribution in [0.25, 0.3) is 11.0 Å². The van der Waals surface area contributed by atoms with Gasteiger partial charge in [-0.25, -0.2) is 0 Å². The normalized spacial score (nSPS) is 16.0. The minimum absolute atomic E-state index is 0.0824. The second-order valence-electron chi connectivity index (χ2n) is 5.30. The largest absolute Gasteiger partial charge is 0.352 e. The van der Waals surface area contributed by atoms with Crippen molar-refractivity contribution in [1.29, 1.82) is 0 Å². The van der Waals surface area contributed by atoms with E-state index in [1.54, 1.807) is 0 Å². The monoisotopic (exact) mass is 290 g/mol. The molecule has 0 bridgehead atoms. The maximum Gasteiger partial charge on any atom is 0.263 e. The number of carbonyl (C=O) groups is 1. The van der Waals surface area contributed by atoms with Crippen molar-refractivity contribution in [3.05, 3.63) is 16.6 Å². The number of nitrogens with one attached hydrogen (secondary N) is 4. The van der Waals surface area contributed by atoms with E-state index >= 15 is 0 Å². The van der Waals surface area contributed by atoms with Gasteiger partial charge in [0.15, 0.2) is 5.65 Å². The molecule has 8 nitrogen and oxygen atoms in total. The summed E-state index contributed by atoms with van der Waals surface area (Å²) in [6, 6.07) is 0.273. The van der Waals surface area contributed by atoms with E-state index in [1.807, 2.05) is 0 Å². The van der Waals surface area contributed by atoms with Crippen LogP contribution in [-0.4, -0.2) is 38.7 Å². The Morgan fingerprint density at radius 2 is 2.14 bits per heavy atom. The average molecular weight is 290 g/mol. The fourth-order valence-electron chi connectivity index (χ4n) is 2.62. The first-order valence-electron chi connectivity index (χ1n) is 7.19. The highest BCUT2D eigenvalue weighted by molar-refractivity contribution is 5.81. The van der Waals surface area contributed by atoms with Crippen LogP contribution in [0.5, 0.6) is 0 Å². The molecule has 2 heterocycles. The van der Waals surface area contributed by atoms with Crippen LogP contribution in [0.4, 0.5) is 5.95 Å². The smallest absolute Gasteiger partial charge is 0.263 e. The second kappa shape index (κ2) is 5.94. The van der Waals surface area contributed by atoms with Crippen LogP contribution < -0.4 is 16.2 Å². The summed E-state index contributed by atoms with van der Waals surface area (Å²) < 4.78 is 0. The SMILES string of the molecule is O=C(CNc1nc2[nH]ncc2c(=O)[nH]1)NC1CCCCC1. The van der Waals surface area contributed by atoms with E-state index in [2.05, 4.69) is 30.8 Å². The number of anilines is 1. The number of fused-ring (bicyclic) bond motifs is 1. The van der Waals surface area contributed by atoms with Gasteiger partial charge in [0.05, 0.1) is 12.7 Å². The van der Waals surface area contributed by atoms with Crippen LogP contribution in [0, 0.1) is 0 Å². The van der Waals surface area contributed by atoms with E-state index in [1.165, 1.54) is 25.5 Å². The number of carbonyl (C=O) groups excluding carboxylic acids is 1. The van der Waals surface area contributed by atoms with Crippen LogP contribution in [0.1, 0.15) is 32.1 Å². The second-order valence-corrected chi connectivity index (χ2v) is 5.30. The summed E-state index contributed by atoms with van der Waals surface area (Å²) in [5.74, 6) is 0.171. The third kappa shape index (κ3) is 3.21. The maximum atomic E-state index is 11.9. The number of nitrogens with zero attached hydrogens (tertiary/aromatic N) is 2. The summed E-state index contributed by atoms with van der Waals surface area (Å²) in [5, 5.41) is 12.6. The molecule has 1 amide bonds. The molecule has 0 unspecified atom stereocenters. The highest BCUT2D eigenvalue weighted by Gasteiger charge is 2.15. The fourth-order valence-corrected chi connectivity index (χ4v) is 2.62. The van der Waals surface area contributed by atoms with Crippen molar-refractivity contribution < 1.29 is 4.79 Å². The van der Waals surface area contributed by atoms with E-state index in [9.17, 15) is 9.59 Å². The highest BCUT2D eigenvalue weighted by atomic mass is 16.2. The fraction of sp³-hybridized carbons (Fsp3) is 0.538. The lowest BCUT2D eigenvalue weighted by atomic mass is 9.95. The van der Waals surface area contributed by atoms with Crippen LogP contribution in [-0.2, 0) is 4.79 Å². The van der Waals surface area contributed by atoms with Gasteiger partial charge in [-0.1, -0.05) is 19.3 Å². The van der Waals surface area contributed by atoms with Gasteiger partial charge in [-0.05, 0) is 12.8 Å². The van der Waals surface area contributed by atoms with Gasteiger partial charge < -0.3 is 10.6 Å². The van der Waals surface area contributed by atoms with Gasteiger partial charge in [-0.3, -0.25) is 19.7 Å². The number of hydrogen-bond acceptors (Lipinski definition) is 5. The zero-order valence-electron chi connectivity index (χ0n) is 11.6. The number of amides is 1. The molecule has 3 rings (SSSR count). The Hall–Kier alpha value is -2.38. The molecule has 2 aromatic rings. The molecule has 0 spiro atoms. The minimum Gasteiger partial charge on any atom is -0.352 e. The van der Waals surface area contributed by atoms with Crippen LogP contribution >= 0.6 is 0 Å². The molecule has 0 radical (unpaired) electrons. The summed E-state index contributed by atoms with van der Waals surface area (Å²) >= 11 is 0. The predicted octanol–water partition coefficient (Wildman–Crippen LogP) is 0.507. The van der Waals surface area contributed by atoms with E-state index in [-0.39, 0.29) is 30.0 Å². The first-order chi connectivity index (χ1) is 10.2. The Morgan fingerprint density at radius 1 is 1.33 bits per heavy atom. The van der Waals surface area contributed by atoms with Gasteiger partial charge in [0.25, 0.3) is 5.56 Å². The van der Waals surface area contributed by atoms with E-state index in [4.69, 9.17) is 0 Å². The molecule has 1 aliphatic rings. The Kier molecular flexibility index (Phi) is 3.85. The predicted molar refractivity (Wildman–Crippen MR) is 78.0 cm³/mol. The summed E-state index contributed by atoms with van der Waals surface area (Å²) in [7, 11) is 0. The van der Waals surface area contributed by atoms with Crippen molar-refractivity contribution >= 4 is 22.9 Å². The minimum atomic E-state index is -0.288. The van der Waals surface area contributed by atoms with E-state index < -0.39 is 0 Å². The molecular weight excluding hydrogens is 272 g/mol. The number of rotatable bonds is 4. The molecular formula is C13H18N6O2. The lowest BCUT2D eigenvalue weighted by Crippen LogP contribution is -2.39. The van der Waals surface area contributed by atoms with Crippen LogP contribution in [0.15, 0.2) is 11.0 Å². The molecule has 1 saturated carbocycles. The number of hydrogen-bond donors (Lipinski definition) is 4. The maximum absolute atomic E-state index is 11.9. The molecule has 112 valence electrons. The number of aromatic amines is 2. The van der Waals surface area contributed by atoms with Gasteiger partial charge in [0.2, 0.25) is 11.9 Å². The Labute approximate surface area is 120 Å². The van der Waals surface area contributed by atoms with Crippen molar-refractivity contribution in [2.45, 2.75) is 38.1 Å². The lowest BCUT2D eigenvalue weighted by molar-refractivity contribution is -0.120. The number of aromatic nitrogens is 4. The Morgan fingerprint density at radius 3 is 2.95 bits per heavy atom. The van der Waals surface area contributed by atoms with Crippen molar-refractivity contribution in [2.24, 2.45) is 0 Å². The van der Waals surface area contributed by atoms with Crippen molar-refractivity contribution in [1.82, 2.24) is 25.5 Å². The summed E-state index contributed by atoms with van der Waals surface area (Å²) in [4.78, 5) is 30.3. The molecule has 1 aliphatic carbocycles. The highest BCUT2D eigenvalue weighted by Crippen LogP contribution is 2.17. The lowest BCUT2D eigenvalue weighted by Gasteiger charge is -2.22. The van der Waals surface area contributed by atoms with Crippen molar-refractivity contribution in [2.75, 3.05) is 11.9 Å².